The van der Waals surface area contributed by atoms with Crippen molar-refractivity contribution in [3.8, 4) is 66.8 Å². The third kappa shape index (κ3) is 6.07. The van der Waals surface area contributed by atoms with E-state index in [1.165, 1.54) is 22.3 Å². The third-order valence-electron chi connectivity index (χ3n) is 9.63. The van der Waals surface area contributed by atoms with Gasteiger partial charge in [-0.25, -0.2) is 0 Å². The van der Waals surface area contributed by atoms with E-state index in [2.05, 4.69) is 182 Å². The molecule has 51 heavy (non-hydrogen) atoms. The minimum Gasteiger partial charge on any atom is -0.289 e. The molecule has 9 aromatic rings. The van der Waals surface area contributed by atoms with Crippen molar-refractivity contribution in [3.63, 3.8) is 0 Å². The van der Waals surface area contributed by atoms with Gasteiger partial charge in [0.25, 0.3) is 0 Å². The summed E-state index contributed by atoms with van der Waals surface area (Å²) in [7, 11) is 0. The molecule has 2 heteroatoms. The number of rotatable bonds is 6. The van der Waals surface area contributed by atoms with Gasteiger partial charge in [-0.05, 0) is 127 Å². The Bertz CT molecular complexity index is 2430. The van der Waals surface area contributed by atoms with Crippen molar-refractivity contribution in [2.24, 2.45) is 0 Å². The lowest BCUT2D eigenvalue weighted by Crippen LogP contribution is -2.01. The highest BCUT2D eigenvalue weighted by Gasteiger charge is 2.13. The van der Waals surface area contributed by atoms with E-state index in [1.807, 2.05) is 12.1 Å². The maximum Gasteiger partial charge on any atom is 0.195 e. The second kappa shape index (κ2) is 13.2. The molecule has 1 heterocycles. The first-order valence-corrected chi connectivity index (χ1v) is 18.0. The Hall–Kier alpha value is -6.35. The largest absolute Gasteiger partial charge is 0.289 e. The quantitative estimate of drug-likeness (QED) is 0.161. The van der Waals surface area contributed by atoms with Crippen LogP contribution in [0.4, 0.5) is 0 Å². The summed E-state index contributed by atoms with van der Waals surface area (Å²) in [5, 5.41) is 1.51. The predicted molar refractivity (Wildman–Crippen MR) is 218 cm³/mol. The molecule has 0 unspecified atom stereocenters. The van der Waals surface area contributed by atoms with E-state index in [-0.39, 0.29) is 5.43 Å². The Kier molecular flexibility index (Phi) is 7.92. The van der Waals surface area contributed by atoms with Crippen LogP contribution in [0.25, 0.3) is 86.9 Å². The van der Waals surface area contributed by atoms with E-state index in [0.29, 0.717) is 0 Å². The fourth-order valence-corrected chi connectivity index (χ4v) is 8.14. The van der Waals surface area contributed by atoms with Gasteiger partial charge >= 0.3 is 0 Å². The molecule has 0 spiro atoms. The molecule has 0 aliphatic heterocycles. The highest BCUT2D eigenvalue weighted by atomic mass is 32.1. The van der Waals surface area contributed by atoms with Crippen LogP contribution in [-0.4, -0.2) is 0 Å². The van der Waals surface area contributed by atoms with Gasteiger partial charge in [0.05, 0.1) is 0 Å². The maximum absolute atomic E-state index is 13.9. The first-order valence-electron chi connectivity index (χ1n) is 17.2. The lowest BCUT2D eigenvalue weighted by Gasteiger charge is -2.13. The van der Waals surface area contributed by atoms with Gasteiger partial charge in [-0.3, -0.25) is 4.79 Å². The predicted octanol–water partition coefficient (Wildman–Crippen LogP) is 13.4. The fourth-order valence-electron chi connectivity index (χ4n) is 6.99. The van der Waals surface area contributed by atoms with Crippen molar-refractivity contribution in [3.05, 3.63) is 204 Å². The van der Waals surface area contributed by atoms with Crippen LogP contribution >= 0.6 is 11.3 Å². The maximum atomic E-state index is 13.9. The molecule has 0 aliphatic carbocycles. The van der Waals surface area contributed by atoms with Gasteiger partial charge < -0.3 is 0 Å². The molecule has 0 saturated carbocycles. The summed E-state index contributed by atoms with van der Waals surface area (Å²) in [4.78, 5) is 13.9. The van der Waals surface area contributed by atoms with E-state index in [4.69, 9.17) is 0 Å². The van der Waals surface area contributed by atoms with E-state index >= 15 is 0 Å². The van der Waals surface area contributed by atoms with Gasteiger partial charge in [0.1, 0.15) is 0 Å². The Labute approximate surface area is 301 Å². The average molecular weight is 669 g/mol. The van der Waals surface area contributed by atoms with Crippen molar-refractivity contribution in [2.45, 2.75) is 0 Å². The summed E-state index contributed by atoms with van der Waals surface area (Å²) in [6.07, 6.45) is 0. The number of hydrogen-bond donors (Lipinski definition) is 0. The van der Waals surface area contributed by atoms with Crippen molar-refractivity contribution in [1.29, 1.82) is 0 Å². The molecule has 0 aliphatic rings. The SMILES string of the molecule is O=c1c2ccc(-c3cc(-c4ccccc4)cc(-c4ccccc4)c3)cc2sc2cc(-c3cc(-c4ccccc4)cc(-c4ccccc4)c3)ccc12. The monoisotopic (exact) mass is 668 g/mol. The lowest BCUT2D eigenvalue weighted by molar-refractivity contribution is 1.57. The standard InChI is InChI=1S/C49H32OS/c50-49-45-23-21-37(43-27-39(33-13-5-1-6-14-33)25-40(28-43)34-15-7-2-8-16-34)31-47(45)51-48-32-38(22-24-46(48)49)44-29-41(35-17-9-3-10-18-35)26-42(30-44)36-19-11-4-12-20-36/h1-32H. The molecule has 0 atom stereocenters. The molecule has 8 aromatic carbocycles. The normalized spacial score (nSPS) is 11.2. The highest BCUT2D eigenvalue weighted by molar-refractivity contribution is 7.24. The minimum absolute atomic E-state index is 0.0721. The zero-order valence-corrected chi connectivity index (χ0v) is 28.6. The van der Waals surface area contributed by atoms with Crippen LogP contribution in [0.5, 0.6) is 0 Å². The van der Waals surface area contributed by atoms with E-state index in [1.54, 1.807) is 11.3 Å². The smallest absolute Gasteiger partial charge is 0.195 e. The fraction of sp³-hybridized carbons (Fsp3) is 0. The summed E-state index contributed by atoms with van der Waals surface area (Å²) in [5.41, 5.74) is 13.8. The molecule has 240 valence electrons. The van der Waals surface area contributed by atoms with Crippen LogP contribution < -0.4 is 5.43 Å². The van der Waals surface area contributed by atoms with Crippen LogP contribution in [0, 0.1) is 0 Å². The molecular formula is C49H32OS. The molecular weight excluding hydrogens is 637 g/mol. The average Bonchev–Trinajstić information content (AvgIpc) is 3.21. The van der Waals surface area contributed by atoms with Gasteiger partial charge in [0, 0.05) is 20.2 Å². The van der Waals surface area contributed by atoms with Crippen molar-refractivity contribution >= 4 is 31.5 Å². The van der Waals surface area contributed by atoms with Crippen molar-refractivity contribution in [1.82, 2.24) is 0 Å². The summed E-state index contributed by atoms with van der Waals surface area (Å²) in [6.45, 7) is 0. The molecule has 0 saturated heterocycles. The first kappa shape index (κ1) is 30.7. The van der Waals surface area contributed by atoms with Gasteiger partial charge in [-0.15, -0.1) is 11.3 Å². The highest BCUT2D eigenvalue weighted by Crippen LogP contribution is 2.38. The summed E-state index contributed by atoms with van der Waals surface area (Å²) >= 11 is 1.69. The second-order valence-corrected chi connectivity index (χ2v) is 14.0. The molecule has 0 fully saturated rings. The Morgan fingerprint density at radius 3 is 0.824 bits per heavy atom. The zero-order valence-electron chi connectivity index (χ0n) is 27.8. The molecule has 0 radical (unpaired) electrons. The number of fused-ring (bicyclic) bond motifs is 2. The molecule has 9 rings (SSSR count). The van der Waals surface area contributed by atoms with Crippen molar-refractivity contribution < 1.29 is 0 Å². The van der Waals surface area contributed by atoms with Crippen LogP contribution in [0.1, 0.15) is 0 Å². The molecule has 1 aromatic heterocycles. The summed E-state index contributed by atoms with van der Waals surface area (Å²) in [5.74, 6) is 0. The zero-order chi connectivity index (χ0) is 34.1. The molecule has 1 nitrogen and oxygen atoms in total. The summed E-state index contributed by atoms with van der Waals surface area (Å²) < 4.78 is 1.97. The molecule has 0 bridgehead atoms. The number of benzene rings is 8. The van der Waals surface area contributed by atoms with Crippen LogP contribution in [-0.2, 0) is 0 Å². The minimum atomic E-state index is 0.0721. The van der Waals surface area contributed by atoms with Crippen molar-refractivity contribution in [2.75, 3.05) is 0 Å². The van der Waals surface area contributed by atoms with Gasteiger partial charge in [0.2, 0.25) is 0 Å². The first-order chi connectivity index (χ1) is 25.2. The molecule has 0 N–H and O–H groups in total. The van der Waals surface area contributed by atoms with Gasteiger partial charge in [0.15, 0.2) is 5.43 Å². The third-order valence-corrected chi connectivity index (χ3v) is 10.7. The topological polar surface area (TPSA) is 17.1 Å². The Morgan fingerprint density at radius 2 is 0.529 bits per heavy atom. The van der Waals surface area contributed by atoms with Crippen LogP contribution in [0.2, 0.25) is 0 Å². The van der Waals surface area contributed by atoms with E-state index in [0.717, 1.165) is 64.7 Å². The van der Waals surface area contributed by atoms with E-state index < -0.39 is 0 Å². The second-order valence-electron chi connectivity index (χ2n) is 12.9. The Balaban J connectivity index is 1.18. The number of hydrogen-bond acceptors (Lipinski definition) is 2. The Morgan fingerprint density at radius 1 is 0.255 bits per heavy atom. The van der Waals surface area contributed by atoms with E-state index in [9.17, 15) is 4.79 Å². The summed E-state index contributed by atoms with van der Waals surface area (Å²) in [6, 6.07) is 68.2. The lowest BCUT2D eigenvalue weighted by atomic mass is 9.93. The van der Waals surface area contributed by atoms with Crippen LogP contribution in [0.3, 0.4) is 0 Å². The van der Waals surface area contributed by atoms with Gasteiger partial charge in [-0.1, -0.05) is 133 Å². The van der Waals surface area contributed by atoms with Gasteiger partial charge in [-0.2, -0.15) is 0 Å². The molecule has 0 amide bonds. The van der Waals surface area contributed by atoms with Crippen LogP contribution in [0.15, 0.2) is 199 Å².